The second-order valence-corrected chi connectivity index (χ2v) is 4.21. The number of nitrogens with one attached hydrogen (secondary N) is 2. The minimum atomic E-state index is -2.51. The standard InChI is InChI=1S/C12H16ClF2N3O2/c1-2-16-11-5-8(9(13)6-18-11)12(19)17-3-4-20-7-10(14)15/h5-6,10H,2-4,7H2,1H3,(H,16,18)(H,17,19). The summed E-state index contributed by atoms with van der Waals surface area (Å²) in [5.74, 6) is 0.133. The molecule has 20 heavy (non-hydrogen) atoms. The molecule has 112 valence electrons. The number of pyridine rings is 1. The van der Waals surface area contributed by atoms with Crippen LogP contribution in [0.2, 0.25) is 5.02 Å². The molecule has 0 spiro atoms. The predicted molar refractivity (Wildman–Crippen MR) is 72.6 cm³/mol. The quantitative estimate of drug-likeness (QED) is 0.723. The van der Waals surface area contributed by atoms with Crippen LogP contribution >= 0.6 is 11.6 Å². The molecule has 2 N–H and O–H groups in total. The van der Waals surface area contributed by atoms with Crippen molar-refractivity contribution < 1.29 is 18.3 Å². The molecule has 0 saturated heterocycles. The lowest BCUT2D eigenvalue weighted by Crippen LogP contribution is -2.28. The molecule has 0 radical (unpaired) electrons. The molecule has 1 aromatic heterocycles. The highest BCUT2D eigenvalue weighted by atomic mass is 35.5. The summed E-state index contributed by atoms with van der Waals surface area (Å²) in [7, 11) is 0. The van der Waals surface area contributed by atoms with Crippen molar-refractivity contribution >= 4 is 23.3 Å². The number of hydrogen-bond donors (Lipinski definition) is 2. The zero-order chi connectivity index (χ0) is 15.0. The van der Waals surface area contributed by atoms with Crippen molar-refractivity contribution in [3.8, 4) is 0 Å². The van der Waals surface area contributed by atoms with E-state index in [0.29, 0.717) is 12.4 Å². The van der Waals surface area contributed by atoms with Gasteiger partial charge in [-0.05, 0) is 13.0 Å². The van der Waals surface area contributed by atoms with Crippen molar-refractivity contribution in [2.75, 3.05) is 31.6 Å². The highest BCUT2D eigenvalue weighted by molar-refractivity contribution is 6.33. The van der Waals surface area contributed by atoms with E-state index >= 15 is 0 Å². The molecule has 0 saturated carbocycles. The molecule has 0 atom stereocenters. The minimum Gasteiger partial charge on any atom is -0.374 e. The van der Waals surface area contributed by atoms with E-state index < -0.39 is 18.9 Å². The first-order valence-corrected chi connectivity index (χ1v) is 6.46. The molecule has 0 bridgehead atoms. The number of ether oxygens (including phenoxy) is 1. The molecule has 1 heterocycles. The first-order chi connectivity index (χ1) is 9.54. The third kappa shape index (κ3) is 5.66. The summed E-state index contributed by atoms with van der Waals surface area (Å²) in [5.41, 5.74) is 0.270. The zero-order valence-corrected chi connectivity index (χ0v) is 11.7. The molecule has 5 nitrogen and oxygen atoms in total. The molecule has 1 aromatic rings. The Morgan fingerprint density at radius 2 is 2.30 bits per heavy atom. The van der Waals surface area contributed by atoms with Crippen molar-refractivity contribution in [3.63, 3.8) is 0 Å². The number of hydrogen-bond acceptors (Lipinski definition) is 4. The highest BCUT2D eigenvalue weighted by Crippen LogP contribution is 2.17. The molecule has 8 heteroatoms. The van der Waals surface area contributed by atoms with Crippen molar-refractivity contribution in [3.05, 3.63) is 22.8 Å². The number of carbonyl (C=O) groups is 1. The Bertz CT molecular complexity index is 447. The van der Waals surface area contributed by atoms with Crippen LogP contribution in [0.1, 0.15) is 17.3 Å². The molecule has 1 rings (SSSR count). The molecule has 0 aromatic carbocycles. The van der Waals surface area contributed by atoms with E-state index in [0.717, 1.165) is 0 Å². The van der Waals surface area contributed by atoms with Gasteiger partial charge in [-0.15, -0.1) is 0 Å². The molecular formula is C12H16ClF2N3O2. The van der Waals surface area contributed by atoms with Gasteiger partial charge in [0, 0.05) is 19.3 Å². The lowest BCUT2D eigenvalue weighted by Gasteiger charge is -2.09. The van der Waals surface area contributed by atoms with Crippen LogP contribution in [-0.2, 0) is 4.74 Å². The van der Waals surface area contributed by atoms with Gasteiger partial charge in [-0.2, -0.15) is 0 Å². The highest BCUT2D eigenvalue weighted by Gasteiger charge is 2.11. The summed E-state index contributed by atoms with van der Waals surface area (Å²) < 4.78 is 28.3. The van der Waals surface area contributed by atoms with Crippen LogP contribution in [0.15, 0.2) is 12.3 Å². The Morgan fingerprint density at radius 1 is 1.55 bits per heavy atom. The first kappa shape index (κ1) is 16.6. The van der Waals surface area contributed by atoms with Gasteiger partial charge in [0.05, 0.1) is 17.2 Å². The van der Waals surface area contributed by atoms with Gasteiger partial charge in [0.1, 0.15) is 12.4 Å². The van der Waals surface area contributed by atoms with Gasteiger partial charge in [-0.25, -0.2) is 13.8 Å². The number of alkyl halides is 2. The number of nitrogens with zero attached hydrogens (tertiary/aromatic N) is 1. The lowest BCUT2D eigenvalue weighted by molar-refractivity contribution is 0.0188. The smallest absolute Gasteiger partial charge is 0.261 e. The van der Waals surface area contributed by atoms with Gasteiger partial charge in [-0.3, -0.25) is 4.79 Å². The normalized spacial score (nSPS) is 10.7. The molecule has 0 fully saturated rings. The van der Waals surface area contributed by atoms with Crippen LogP contribution in [-0.4, -0.2) is 43.6 Å². The third-order valence-corrected chi connectivity index (χ3v) is 2.53. The second kappa shape index (κ2) is 8.65. The Kier molecular flexibility index (Phi) is 7.17. The fourth-order valence-electron chi connectivity index (χ4n) is 1.39. The SMILES string of the molecule is CCNc1cc(C(=O)NCCOCC(F)F)c(Cl)cn1. The number of amides is 1. The maximum atomic E-state index is 11.9. The van der Waals surface area contributed by atoms with Crippen LogP contribution in [0.3, 0.4) is 0 Å². The summed E-state index contributed by atoms with van der Waals surface area (Å²) in [6.45, 7) is 2.06. The van der Waals surface area contributed by atoms with Crippen molar-refractivity contribution in [1.29, 1.82) is 0 Å². The maximum Gasteiger partial charge on any atom is 0.261 e. The van der Waals surface area contributed by atoms with Crippen LogP contribution in [0.4, 0.5) is 14.6 Å². The average molecular weight is 308 g/mol. The number of rotatable bonds is 8. The van der Waals surface area contributed by atoms with Crippen LogP contribution in [0.25, 0.3) is 0 Å². The van der Waals surface area contributed by atoms with E-state index in [9.17, 15) is 13.6 Å². The predicted octanol–water partition coefficient (Wildman–Crippen LogP) is 2.18. The van der Waals surface area contributed by atoms with Gasteiger partial charge in [0.25, 0.3) is 12.3 Å². The topological polar surface area (TPSA) is 63.2 Å². The molecule has 0 aliphatic carbocycles. The first-order valence-electron chi connectivity index (χ1n) is 6.08. The molecule has 0 aliphatic heterocycles. The molecule has 0 unspecified atom stereocenters. The Labute approximate surface area is 120 Å². The summed E-state index contributed by atoms with van der Waals surface area (Å²) in [6, 6.07) is 1.53. The van der Waals surface area contributed by atoms with Crippen LogP contribution in [0.5, 0.6) is 0 Å². The number of halogens is 3. The summed E-state index contributed by atoms with van der Waals surface area (Å²) in [4.78, 5) is 15.9. The second-order valence-electron chi connectivity index (χ2n) is 3.80. The third-order valence-electron chi connectivity index (χ3n) is 2.23. The van der Waals surface area contributed by atoms with E-state index in [1.54, 1.807) is 0 Å². The van der Waals surface area contributed by atoms with E-state index in [4.69, 9.17) is 11.6 Å². The Hall–Kier alpha value is -1.47. The molecule has 1 amide bonds. The largest absolute Gasteiger partial charge is 0.374 e. The minimum absolute atomic E-state index is 0.0127. The van der Waals surface area contributed by atoms with E-state index in [1.165, 1.54) is 12.3 Å². The van der Waals surface area contributed by atoms with Gasteiger partial charge in [0.15, 0.2) is 0 Å². The van der Waals surface area contributed by atoms with Crippen molar-refractivity contribution in [1.82, 2.24) is 10.3 Å². The monoisotopic (exact) mass is 307 g/mol. The van der Waals surface area contributed by atoms with E-state index in [-0.39, 0.29) is 23.7 Å². The number of aromatic nitrogens is 1. The number of anilines is 1. The Balaban J connectivity index is 2.48. The lowest BCUT2D eigenvalue weighted by atomic mass is 10.2. The number of carbonyl (C=O) groups excluding carboxylic acids is 1. The van der Waals surface area contributed by atoms with E-state index in [2.05, 4.69) is 20.4 Å². The van der Waals surface area contributed by atoms with Gasteiger partial charge >= 0.3 is 0 Å². The van der Waals surface area contributed by atoms with Gasteiger partial charge in [-0.1, -0.05) is 11.6 Å². The fourth-order valence-corrected chi connectivity index (χ4v) is 1.58. The maximum absolute atomic E-state index is 11.9. The average Bonchev–Trinajstić information content (AvgIpc) is 2.40. The zero-order valence-electron chi connectivity index (χ0n) is 11.0. The summed E-state index contributed by atoms with van der Waals surface area (Å²) in [6.07, 6.45) is -1.13. The van der Waals surface area contributed by atoms with E-state index in [1.807, 2.05) is 6.92 Å². The van der Waals surface area contributed by atoms with Gasteiger partial charge in [0.2, 0.25) is 0 Å². The van der Waals surface area contributed by atoms with Gasteiger partial charge < -0.3 is 15.4 Å². The molecule has 0 aliphatic rings. The fraction of sp³-hybridized carbons (Fsp3) is 0.500. The van der Waals surface area contributed by atoms with Crippen LogP contribution < -0.4 is 10.6 Å². The summed E-state index contributed by atoms with van der Waals surface area (Å²) >= 11 is 5.89. The van der Waals surface area contributed by atoms with Crippen molar-refractivity contribution in [2.24, 2.45) is 0 Å². The summed E-state index contributed by atoms with van der Waals surface area (Å²) in [5, 5.41) is 5.72. The van der Waals surface area contributed by atoms with Crippen molar-refractivity contribution in [2.45, 2.75) is 13.3 Å². The van der Waals surface area contributed by atoms with Crippen LogP contribution in [0, 0.1) is 0 Å². The molecular weight excluding hydrogens is 292 g/mol. The Morgan fingerprint density at radius 3 is 2.95 bits per heavy atom.